The molecule has 0 unspecified atom stereocenters. The summed E-state index contributed by atoms with van der Waals surface area (Å²) in [6.07, 6.45) is 0. The van der Waals surface area contributed by atoms with Crippen molar-refractivity contribution in [3.63, 3.8) is 0 Å². The molecule has 0 atom stereocenters. The SMILES string of the molecule is Cc1ccc2nc(-c3ccc(NC(=O)c4cc(-c5ccc(Cl)cc5Cl)nc5ccccc45)cc3)sc2c1. The molecule has 0 saturated carbocycles. The van der Waals surface area contributed by atoms with Gasteiger partial charge in [-0.05, 0) is 79.2 Å². The Kier molecular flexibility index (Phi) is 6.13. The Labute approximate surface area is 227 Å². The molecule has 0 radical (unpaired) electrons. The number of anilines is 1. The van der Waals surface area contributed by atoms with E-state index in [0.717, 1.165) is 26.2 Å². The number of pyridine rings is 1. The summed E-state index contributed by atoms with van der Waals surface area (Å²) in [5, 5.41) is 5.75. The van der Waals surface area contributed by atoms with Crippen LogP contribution >= 0.6 is 34.5 Å². The predicted octanol–water partition coefficient (Wildman–Crippen LogP) is 9.05. The van der Waals surface area contributed by atoms with Gasteiger partial charge in [0.25, 0.3) is 5.91 Å². The van der Waals surface area contributed by atoms with Gasteiger partial charge in [0.2, 0.25) is 0 Å². The van der Waals surface area contributed by atoms with E-state index in [1.165, 1.54) is 5.56 Å². The van der Waals surface area contributed by atoms with E-state index in [4.69, 9.17) is 33.2 Å². The van der Waals surface area contributed by atoms with Gasteiger partial charge in [0.1, 0.15) is 5.01 Å². The first-order valence-electron chi connectivity index (χ1n) is 11.6. The smallest absolute Gasteiger partial charge is 0.256 e. The number of nitrogens with one attached hydrogen (secondary N) is 1. The van der Waals surface area contributed by atoms with Crippen LogP contribution < -0.4 is 5.32 Å². The van der Waals surface area contributed by atoms with E-state index >= 15 is 0 Å². The van der Waals surface area contributed by atoms with Gasteiger partial charge in [-0.25, -0.2) is 9.97 Å². The van der Waals surface area contributed by atoms with Crippen LogP contribution in [0.4, 0.5) is 5.69 Å². The van der Waals surface area contributed by atoms with Gasteiger partial charge in [-0.15, -0.1) is 11.3 Å². The van der Waals surface area contributed by atoms with Crippen molar-refractivity contribution >= 4 is 67.3 Å². The molecule has 4 aromatic carbocycles. The lowest BCUT2D eigenvalue weighted by atomic mass is 10.0. The van der Waals surface area contributed by atoms with Crippen molar-refractivity contribution in [3.05, 3.63) is 112 Å². The number of para-hydroxylation sites is 1. The number of halogens is 2. The minimum atomic E-state index is -0.229. The molecular weight excluding hydrogens is 521 g/mol. The van der Waals surface area contributed by atoms with Crippen molar-refractivity contribution in [1.82, 2.24) is 9.97 Å². The Morgan fingerprint density at radius 1 is 0.838 bits per heavy atom. The zero-order valence-electron chi connectivity index (χ0n) is 19.6. The summed E-state index contributed by atoms with van der Waals surface area (Å²) in [5.74, 6) is -0.229. The van der Waals surface area contributed by atoms with E-state index in [2.05, 4.69) is 24.4 Å². The van der Waals surface area contributed by atoms with Crippen LogP contribution in [0.2, 0.25) is 10.0 Å². The quantitative estimate of drug-likeness (QED) is 0.243. The third-order valence-corrected chi connectivity index (χ3v) is 7.72. The van der Waals surface area contributed by atoms with Crippen LogP contribution in [0.25, 0.3) is 42.9 Å². The highest BCUT2D eigenvalue weighted by molar-refractivity contribution is 7.21. The van der Waals surface area contributed by atoms with Crippen molar-refractivity contribution in [1.29, 1.82) is 0 Å². The summed E-state index contributed by atoms with van der Waals surface area (Å²) in [4.78, 5) is 22.9. The largest absolute Gasteiger partial charge is 0.322 e. The number of hydrogen-bond donors (Lipinski definition) is 1. The normalized spacial score (nSPS) is 11.2. The number of aromatic nitrogens is 2. The van der Waals surface area contributed by atoms with Gasteiger partial charge in [-0.3, -0.25) is 4.79 Å². The summed E-state index contributed by atoms with van der Waals surface area (Å²) in [6.45, 7) is 2.08. The molecule has 0 saturated heterocycles. The van der Waals surface area contributed by atoms with Gasteiger partial charge in [0.05, 0.1) is 32.0 Å². The molecule has 2 heterocycles. The topological polar surface area (TPSA) is 54.9 Å². The third kappa shape index (κ3) is 4.69. The van der Waals surface area contributed by atoms with Crippen molar-refractivity contribution in [2.75, 3.05) is 5.32 Å². The molecule has 4 nitrogen and oxygen atoms in total. The molecule has 0 bridgehead atoms. The molecule has 2 aromatic heterocycles. The number of aryl methyl sites for hydroxylation is 1. The van der Waals surface area contributed by atoms with E-state index in [1.807, 2.05) is 60.7 Å². The number of rotatable bonds is 4. The fraction of sp³-hybridized carbons (Fsp3) is 0.0333. The van der Waals surface area contributed by atoms with Crippen LogP contribution in [-0.4, -0.2) is 15.9 Å². The maximum Gasteiger partial charge on any atom is 0.256 e. The summed E-state index contributed by atoms with van der Waals surface area (Å²) < 4.78 is 1.16. The lowest BCUT2D eigenvalue weighted by molar-refractivity contribution is 0.102. The fourth-order valence-electron chi connectivity index (χ4n) is 4.25. The Bertz CT molecular complexity index is 1810. The molecule has 0 spiro atoms. The van der Waals surface area contributed by atoms with Gasteiger partial charge < -0.3 is 5.32 Å². The monoisotopic (exact) mass is 539 g/mol. The first kappa shape index (κ1) is 23.6. The minimum absolute atomic E-state index is 0.229. The number of amides is 1. The maximum atomic E-state index is 13.5. The standard InChI is InChI=1S/C30H19Cl2N3OS/c1-17-6-13-26-28(14-17)37-30(35-26)18-7-10-20(11-8-18)33-29(36)23-16-27(22-12-9-19(31)15-24(22)32)34-25-5-3-2-4-21(23)25/h2-16H,1H3,(H,33,36). The molecule has 1 amide bonds. The van der Waals surface area contributed by atoms with Crippen molar-refractivity contribution in [2.45, 2.75) is 6.92 Å². The molecule has 6 rings (SSSR count). The Balaban J connectivity index is 1.32. The molecule has 0 aliphatic rings. The summed E-state index contributed by atoms with van der Waals surface area (Å²) in [5.41, 5.74) is 6.43. The lowest BCUT2D eigenvalue weighted by Crippen LogP contribution is -2.13. The van der Waals surface area contributed by atoms with Gasteiger partial charge in [-0.2, -0.15) is 0 Å². The lowest BCUT2D eigenvalue weighted by Gasteiger charge is -2.12. The van der Waals surface area contributed by atoms with Crippen molar-refractivity contribution in [3.8, 4) is 21.8 Å². The average Bonchev–Trinajstić information content (AvgIpc) is 3.31. The van der Waals surface area contributed by atoms with Crippen LogP contribution in [0.1, 0.15) is 15.9 Å². The van der Waals surface area contributed by atoms with Crippen LogP contribution in [-0.2, 0) is 0 Å². The fourth-order valence-corrected chi connectivity index (χ4v) is 5.82. The molecule has 37 heavy (non-hydrogen) atoms. The maximum absolute atomic E-state index is 13.5. The molecule has 1 N–H and O–H groups in total. The highest BCUT2D eigenvalue weighted by Gasteiger charge is 2.16. The first-order chi connectivity index (χ1) is 17.9. The second-order valence-corrected chi connectivity index (χ2v) is 10.6. The summed E-state index contributed by atoms with van der Waals surface area (Å²) >= 11 is 14.2. The number of thiazole rings is 1. The van der Waals surface area contributed by atoms with Crippen LogP contribution in [0, 0.1) is 6.92 Å². The van der Waals surface area contributed by atoms with Crippen LogP contribution in [0.15, 0.2) is 91.0 Å². The van der Waals surface area contributed by atoms with Gasteiger partial charge >= 0.3 is 0 Å². The molecule has 0 aliphatic carbocycles. The van der Waals surface area contributed by atoms with Crippen LogP contribution in [0.3, 0.4) is 0 Å². The molecular formula is C30H19Cl2N3OS. The first-order valence-corrected chi connectivity index (χ1v) is 13.2. The Hall–Kier alpha value is -3.77. The minimum Gasteiger partial charge on any atom is -0.322 e. The molecule has 180 valence electrons. The van der Waals surface area contributed by atoms with E-state index in [9.17, 15) is 4.79 Å². The Morgan fingerprint density at radius 2 is 1.65 bits per heavy atom. The third-order valence-electron chi connectivity index (χ3n) is 6.10. The van der Waals surface area contributed by atoms with E-state index in [1.54, 1.807) is 29.5 Å². The van der Waals surface area contributed by atoms with Gasteiger partial charge in [0.15, 0.2) is 0 Å². The summed E-state index contributed by atoms with van der Waals surface area (Å²) in [6, 6.07) is 28.6. The van der Waals surface area contributed by atoms with Crippen molar-refractivity contribution in [2.24, 2.45) is 0 Å². The molecule has 0 fully saturated rings. The number of fused-ring (bicyclic) bond motifs is 2. The summed E-state index contributed by atoms with van der Waals surface area (Å²) in [7, 11) is 0. The van der Waals surface area contributed by atoms with E-state index in [-0.39, 0.29) is 5.91 Å². The van der Waals surface area contributed by atoms with Gasteiger partial charge in [0, 0.05) is 27.2 Å². The van der Waals surface area contributed by atoms with E-state index < -0.39 is 0 Å². The van der Waals surface area contributed by atoms with Crippen molar-refractivity contribution < 1.29 is 4.79 Å². The van der Waals surface area contributed by atoms with E-state index in [0.29, 0.717) is 38.1 Å². The Morgan fingerprint density at radius 3 is 2.46 bits per heavy atom. The number of benzene rings is 4. The number of carbonyl (C=O) groups excluding carboxylic acids is 1. The van der Waals surface area contributed by atoms with Crippen LogP contribution in [0.5, 0.6) is 0 Å². The predicted molar refractivity (Wildman–Crippen MR) is 155 cm³/mol. The highest BCUT2D eigenvalue weighted by Crippen LogP contribution is 2.33. The molecule has 7 heteroatoms. The average molecular weight is 540 g/mol. The highest BCUT2D eigenvalue weighted by atomic mass is 35.5. The number of carbonyl (C=O) groups is 1. The number of nitrogens with zero attached hydrogens (tertiary/aromatic N) is 2. The second-order valence-electron chi connectivity index (χ2n) is 8.72. The van der Waals surface area contributed by atoms with Gasteiger partial charge in [-0.1, -0.05) is 47.5 Å². The molecule has 6 aromatic rings. The zero-order chi connectivity index (χ0) is 25.5. The molecule has 0 aliphatic heterocycles. The second kappa shape index (κ2) is 9.60. The zero-order valence-corrected chi connectivity index (χ0v) is 22.0. The number of hydrogen-bond acceptors (Lipinski definition) is 4.